The summed E-state index contributed by atoms with van der Waals surface area (Å²) in [6, 6.07) is 13.4. The third-order valence-electron chi connectivity index (χ3n) is 6.03. The second kappa shape index (κ2) is 8.79. The number of cyclic esters (lactones) is 1. The van der Waals surface area contributed by atoms with Crippen molar-refractivity contribution in [3.63, 3.8) is 0 Å². The standard InChI is InChI=1S/C25H22F2N6O2/c1-16(17-13-29-32(14-17)21-9-7-20(27)8-10-21)30-23-28-12-11-22(31-23)33-24(34)35-15-25(33,2)18-3-5-19(26)6-4-18/h3-14,16H,15H2,1-2H3,(H,28,30,31)/t16-,25-/m0/s1. The molecule has 1 amide bonds. The number of anilines is 2. The van der Waals surface area contributed by atoms with Gasteiger partial charge >= 0.3 is 6.09 Å². The fourth-order valence-corrected chi connectivity index (χ4v) is 4.02. The Bertz CT molecular complexity index is 1360. The van der Waals surface area contributed by atoms with Gasteiger partial charge in [-0.2, -0.15) is 10.1 Å². The highest BCUT2D eigenvalue weighted by atomic mass is 19.1. The van der Waals surface area contributed by atoms with Gasteiger partial charge in [0.1, 0.15) is 29.6 Å². The molecule has 2 aromatic carbocycles. The Balaban J connectivity index is 1.37. The zero-order valence-corrected chi connectivity index (χ0v) is 19.0. The van der Waals surface area contributed by atoms with E-state index >= 15 is 0 Å². The maximum absolute atomic E-state index is 13.5. The van der Waals surface area contributed by atoms with Crippen LogP contribution in [0.5, 0.6) is 0 Å². The monoisotopic (exact) mass is 476 g/mol. The molecule has 0 aliphatic carbocycles. The maximum Gasteiger partial charge on any atom is 0.416 e. The molecule has 10 heteroatoms. The molecular formula is C25H22F2N6O2. The number of carbonyl (C=O) groups is 1. The summed E-state index contributed by atoms with van der Waals surface area (Å²) in [6.07, 6.45) is 4.54. The van der Waals surface area contributed by atoms with Crippen LogP contribution in [0.15, 0.2) is 73.2 Å². The van der Waals surface area contributed by atoms with Gasteiger partial charge in [0.05, 0.1) is 17.9 Å². The Morgan fingerprint density at radius 1 is 1.06 bits per heavy atom. The van der Waals surface area contributed by atoms with E-state index in [1.165, 1.54) is 29.2 Å². The summed E-state index contributed by atoms with van der Waals surface area (Å²) < 4.78 is 33.7. The number of aromatic nitrogens is 4. The van der Waals surface area contributed by atoms with E-state index in [0.29, 0.717) is 11.8 Å². The minimum atomic E-state index is -0.863. The van der Waals surface area contributed by atoms with Crippen LogP contribution in [0.4, 0.5) is 25.3 Å². The summed E-state index contributed by atoms with van der Waals surface area (Å²) in [5, 5.41) is 7.57. The Labute approximate surface area is 200 Å². The normalized spacial score (nSPS) is 18.4. The average molecular weight is 476 g/mol. The summed E-state index contributed by atoms with van der Waals surface area (Å²) >= 11 is 0. The molecule has 8 nitrogen and oxygen atoms in total. The van der Waals surface area contributed by atoms with Crippen LogP contribution in [0.25, 0.3) is 5.69 Å². The Hall–Kier alpha value is -4.34. The molecule has 1 aliphatic rings. The summed E-state index contributed by atoms with van der Waals surface area (Å²) in [5.41, 5.74) is 1.45. The van der Waals surface area contributed by atoms with Crippen LogP contribution in [0.1, 0.15) is 31.0 Å². The van der Waals surface area contributed by atoms with Gasteiger partial charge in [-0.15, -0.1) is 0 Å². The minimum absolute atomic E-state index is 0.100. The number of hydrogen-bond donors (Lipinski definition) is 1. The molecule has 1 fully saturated rings. The molecular weight excluding hydrogens is 454 g/mol. The lowest BCUT2D eigenvalue weighted by molar-refractivity contribution is 0.174. The van der Waals surface area contributed by atoms with E-state index in [1.54, 1.807) is 47.4 Å². The molecule has 0 unspecified atom stereocenters. The number of amides is 1. The number of benzene rings is 2. The van der Waals surface area contributed by atoms with Gasteiger partial charge in [-0.1, -0.05) is 12.1 Å². The third kappa shape index (κ3) is 4.30. The molecule has 1 aliphatic heterocycles. The Morgan fingerprint density at radius 2 is 1.74 bits per heavy atom. The van der Waals surface area contributed by atoms with Crippen LogP contribution in [-0.2, 0) is 10.3 Å². The van der Waals surface area contributed by atoms with Gasteiger partial charge in [0.2, 0.25) is 5.95 Å². The van der Waals surface area contributed by atoms with Gasteiger partial charge in [-0.3, -0.25) is 0 Å². The number of carbonyl (C=O) groups excluding carboxylic acids is 1. The van der Waals surface area contributed by atoms with Crippen LogP contribution in [0.2, 0.25) is 0 Å². The van der Waals surface area contributed by atoms with Gasteiger partial charge < -0.3 is 10.1 Å². The molecule has 0 spiro atoms. The second-order valence-electron chi connectivity index (χ2n) is 8.47. The average Bonchev–Trinajstić information content (AvgIpc) is 3.46. The first-order valence-electron chi connectivity index (χ1n) is 11.0. The summed E-state index contributed by atoms with van der Waals surface area (Å²) in [4.78, 5) is 22.9. The molecule has 35 heavy (non-hydrogen) atoms. The third-order valence-corrected chi connectivity index (χ3v) is 6.03. The highest BCUT2D eigenvalue weighted by molar-refractivity contribution is 5.90. The second-order valence-corrected chi connectivity index (χ2v) is 8.47. The SMILES string of the molecule is C[C@H](Nc1nccc(N2C(=O)OC[C@@]2(C)c2ccc(F)cc2)n1)c1cnn(-c2ccc(F)cc2)c1. The topological polar surface area (TPSA) is 85.2 Å². The molecule has 178 valence electrons. The molecule has 4 aromatic rings. The molecule has 2 atom stereocenters. The van der Waals surface area contributed by atoms with E-state index in [2.05, 4.69) is 20.4 Å². The highest BCUT2D eigenvalue weighted by Crippen LogP contribution is 2.38. The van der Waals surface area contributed by atoms with E-state index in [0.717, 1.165) is 16.8 Å². The Kier molecular flexibility index (Phi) is 5.64. The van der Waals surface area contributed by atoms with E-state index in [-0.39, 0.29) is 24.3 Å². The summed E-state index contributed by atoms with van der Waals surface area (Å²) in [7, 11) is 0. The molecule has 3 heterocycles. The molecule has 0 bridgehead atoms. The molecule has 0 saturated carbocycles. The van der Waals surface area contributed by atoms with Crippen LogP contribution < -0.4 is 10.2 Å². The van der Waals surface area contributed by atoms with Crippen molar-refractivity contribution in [2.75, 3.05) is 16.8 Å². The minimum Gasteiger partial charge on any atom is -0.446 e. The van der Waals surface area contributed by atoms with E-state index in [1.807, 2.05) is 20.0 Å². The number of halogens is 2. The number of nitrogens with one attached hydrogen (secondary N) is 1. The van der Waals surface area contributed by atoms with Crippen molar-refractivity contribution in [1.29, 1.82) is 0 Å². The van der Waals surface area contributed by atoms with Crippen molar-refractivity contribution in [3.05, 3.63) is 95.9 Å². The predicted octanol–water partition coefficient (Wildman–Crippen LogP) is 4.99. The van der Waals surface area contributed by atoms with Crippen LogP contribution in [0, 0.1) is 11.6 Å². The first-order valence-corrected chi connectivity index (χ1v) is 11.0. The number of hydrogen-bond acceptors (Lipinski definition) is 6. The number of rotatable bonds is 6. The van der Waals surface area contributed by atoms with Gasteiger partial charge in [0, 0.05) is 18.0 Å². The maximum atomic E-state index is 13.5. The number of nitrogens with zero attached hydrogens (tertiary/aromatic N) is 5. The largest absolute Gasteiger partial charge is 0.446 e. The van der Waals surface area contributed by atoms with E-state index < -0.39 is 11.6 Å². The quantitative estimate of drug-likeness (QED) is 0.422. The zero-order chi connectivity index (χ0) is 24.6. The van der Waals surface area contributed by atoms with Gasteiger partial charge in [0.15, 0.2) is 0 Å². The van der Waals surface area contributed by atoms with Gasteiger partial charge in [-0.25, -0.2) is 28.1 Å². The van der Waals surface area contributed by atoms with E-state index in [9.17, 15) is 13.6 Å². The molecule has 1 N–H and O–H groups in total. The van der Waals surface area contributed by atoms with Crippen LogP contribution in [-0.4, -0.2) is 32.4 Å². The van der Waals surface area contributed by atoms with Crippen molar-refractivity contribution in [3.8, 4) is 5.69 Å². The first-order chi connectivity index (χ1) is 16.8. The predicted molar refractivity (Wildman–Crippen MR) is 125 cm³/mol. The molecule has 2 aromatic heterocycles. The highest BCUT2D eigenvalue weighted by Gasteiger charge is 2.47. The zero-order valence-electron chi connectivity index (χ0n) is 19.0. The lowest BCUT2D eigenvalue weighted by Crippen LogP contribution is -2.43. The summed E-state index contributed by atoms with van der Waals surface area (Å²) in [5.74, 6) is -0.0123. The smallest absolute Gasteiger partial charge is 0.416 e. The van der Waals surface area contributed by atoms with Crippen molar-refractivity contribution in [2.24, 2.45) is 0 Å². The lowest BCUT2D eigenvalue weighted by Gasteiger charge is -2.31. The van der Waals surface area contributed by atoms with Crippen molar-refractivity contribution in [1.82, 2.24) is 19.7 Å². The van der Waals surface area contributed by atoms with Crippen molar-refractivity contribution < 1.29 is 18.3 Å². The van der Waals surface area contributed by atoms with Gasteiger partial charge in [0.25, 0.3) is 0 Å². The molecule has 5 rings (SSSR count). The fraction of sp³-hybridized carbons (Fsp3) is 0.200. The molecule has 1 saturated heterocycles. The van der Waals surface area contributed by atoms with Gasteiger partial charge in [-0.05, 0) is 61.9 Å². The number of ether oxygens (including phenoxy) is 1. The lowest BCUT2D eigenvalue weighted by atomic mass is 9.92. The first kappa shape index (κ1) is 22.5. The Morgan fingerprint density at radius 3 is 2.46 bits per heavy atom. The summed E-state index contributed by atoms with van der Waals surface area (Å²) in [6.45, 7) is 3.87. The molecule has 0 radical (unpaired) electrons. The van der Waals surface area contributed by atoms with Crippen molar-refractivity contribution >= 4 is 17.9 Å². The van der Waals surface area contributed by atoms with E-state index in [4.69, 9.17) is 4.74 Å². The fourth-order valence-electron chi connectivity index (χ4n) is 4.02. The van der Waals surface area contributed by atoms with Crippen LogP contribution >= 0.6 is 0 Å². The van der Waals surface area contributed by atoms with Crippen LogP contribution in [0.3, 0.4) is 0 Å². The van der Waals surface area contributed by atoms with Crippen molar-refractivity contribution in [2.45, 2.75) is 25.4 Å².